The predicted molar refractivity (Wildman–Crippen MR) is 76.8 cm³/mol. The quantitative estimate of drug-likeness (QED) is 0.620. The molecule has 0 aliphatic heterocycles. The minimum Gasteiger partial charge on any atom is -0.612 e. The molecule has 0 aromatic heterocycles. The van der Waals surface area contributed by atoms with E-state index < -0.39 is 14.7 Å². The average Bonchev–Trinajstić information content (AvgIpc) is 2.39. The molecule has 0 heterocycles. The van der Waals surface area contributed by atoms with Crippen molar-refractivity contribution in [3.05, 3.63) is 75.0 Å². The first-order valence-corrected chi connectivity index (χ1v) is 7.41. The van der Waals surface area contributed by atoms with Gasteiger partial charge in [-0.15, -0.1) is 0 Å². The number of halogens is 1. The molecule has 5 nitrogen and oxygen atoms in total. The molecule has 0 amide bonds. The maximum absolute atomic E-state index is 12.2. The van der Waals surface area contributed by atoms with E-state index in [1.807, 2.05) is 0 Å². The standard InChI is InChI=1S/C13H9ClNO4S/c14-11-6-7-13(15(16)17)10(8-11)9-20(18,19)12-4-2-1-3-5-12/h1-9H/q-1/b10-9+. The number of hydrogen-bond donors (Lipinski definition) is 0. The van der Waals surface area contributed by atoms with Crippen molar-refractivity contribution in [3.63, 3.8) is 0 Å². The van der Waals surface area contributed by atoms with Gasteiger partial charge in [-0.2, -0.15) is 4.90 Å². The van der Waals surface area contributed by atoms with Gasteiger partial charge in [0, 0.05) is 16.5 Å². The summed E-state index contributed by atoms with van der Waals surface area (Å²) in [6.45, 7) is 0. The third kappa shape index (κ3) is 3.09. The summed E-state index contributed by atoms with van der Waals surface area (Å²) in [7, 11) is -3.77. The first-order chi connectivity index (χ1) is 9.40. The van der Waals surface area contributed by atoms with Crippen LogP contribution in [0.25, 0.3) is 0 Å². The van der Waals surface area contributed by atoms with E-state index in [-0.39, 0.29) is 21.2 Å². The van der Waals surface area contributed by atoms with E-state index in [0.29, 0.717) is 0 Å². The summed E-state index contributed by atoms with van der Waals surface area (Å²) in [5.41, 5.74) is -0.361. The number of allylic oxidation sites excluding steroid dienone is 5. The third-order valence-electron chi connectivity index (χ3n) is 2.54. The Labute approximate surface area is 120 Å². The van der Waals surface area contributed by atoms with Gasteiger partial charge in [-0.05, 0) is 24.3 Å². The number of rotatable bonds is 2. The Bertz CT molecular complexity index is 742. The molecule has 1 aromatic rings. The Morgan fingerprint density at radius 2 is 1.75 bits per heavy atom. The van der Waals surface area contributed by atoms with E-state index in [1.54, 1.807) is 18.2 Å². The fourth-order valence-electron chi connectivity index (χ4n) is 1.63. The minimum atomic E-state index is -3.77. The van der Waals surface area contributed by atoms with E-state index in [0.717, 1.165) is 5.41 Å². The van der Waals surface area contributed by atoms with Gasteiger partial charge in [-0.1, -0.05) is 29.8 Å². The van der Waals surface area contributed by atoms with Gasteiger partial charge >= 0.3 is 0 Å². The van der Waals surface area contributed by atoms with Crippen LogP contribution in [0.15, 0.2) is 69.5 Å². The van der Waals surface area contributed by atoms with Crippen LogP contribution in [0.2, 0.25) is 0 Å². The highest BCUT2D eigenvalue weighted by atomic mass is 35.5. The summed E-state index contributed by atoms with van der Waals surface area (Å²) in [4.78, 5) is -0.586. The Morgan fingerprint density at radius 1 is 1.10 bits per heavy atom. The van der Waals surface area contributed by atoms with Crippen molar-refractivity contribution in [1.82, 2.24) is 0 Å². The van der Waals surface area contributed by atoms with Crippen molar-refractivity contribution in [1.29, 1.82) is 0 Å². The molecule has 1 aliphatic carbocycles. The molecule has 0 atom stereocenters. The summed E-state index contributed by atoms with van der Waals surface area (Å²) >= 11 is 5.76. The van der Waals surface area contributed by atoms with Crippen molar-refractivity contribution in [3.8, 4) is 0 Å². The first kappa shape index (κ1) is 14.4. The zero-order valence-electron chi connectivity index (χ0n) is 10.1. The van der Waals surface area contributed by atoms with Gasteiger partial charge < -0.3 is 10.4 Å². The smallest absolute Gasteiger partial charge is 0.230 e. The Hall–Kier alpha value is -2.05. The fourth-order valence-corrected chi connectivity index (χ4v) is 3.01. The molecular formula is C13H9ClNO4S-. The molecule has 0 saturated carbocycles. The molecule has 0 bridgehead atoms. The van der Waals surface area contributed by atoms with E-state index >= 15 is 0 Å². The molecule has 1 aliphatic rings. The minimum absolute atomic E-state index is 0.0497. The topological polar surface area (TPSA) is 83.3 Å². The van der Waals surface area contributed by atoms with Gasteiger partial charge in [0.1, 0.15) is 0 Å². The molecule has 7 heteroatoms. The van der Waals surface area contributed by atoms with E-state index in [2.05, 4.69) is 0 Å². The SMILES string of the molecule is O=S(=O)(/C=C1\C=C(Cl)C=CC1=[N+]([O-])[O-])c1ccccc1. The van der Waals surface area contributed by atoms with E-state index in [1.165, 1.54) is 30.4 Å². The van der Waals surface area contributed by atoms with Crippen LogP contribution in [-0.4, -0.2) is 19.0 Å². The monoisotopic (exact) mass is 310 g/mol. The lowest BCUT2D eigenvalue weighted by atomic mass is 10.1. The summed E-state index contributed by atoms with van der Waals surface area (Å²) in [6.07, 6.45) is 3.76. The van der Waals surface area contributed by atoms with Crippen LogP contribution in [-0.2, 0) is 9.84 Å². The summed E-state index contributed by atoms with van der Waals surface area (Å²) < 4.78 is 24.3. The Balaban J connectivity index is 2.54. The second-order valence-corrected chi connectivity index (χ2v) is 6.17. The lowest BCUT2D eigenvalue weighted by molar-refractivity contribution is -0.377. The van der Waals surface area contributed by atoms with Gasteiger partial charge in [0.05, 0.1) is 10.5 Å². The van der Waals surface area contributed by atoms with Crippen LogP contribution in [0, 0.1) is 10.4 Å². The Kier molecular flexibility index (Phi) is 3.96. The second-order valence-electron chi connectivity index (χ2n) is 3.94. The van der Waals surface area contributed by atoms with Gasteiger partial charge in [-0.3, -0.25) is 0 Å². The second kappa shape index (κ2) is 5.52. The maximum Gasteiger partial charge on any atom is 0.230 e. The first-order valence-electron chi connectivity index (χ1n) is 5.49. The summed E-state index contributed by atoms with van der Waals surface area (Å²) in [5.74, 6) is 0. The van der Waals surface area contributed by atoms with E-state index in [9.17, 15) is 18.8 Å². The molecule has 0 N–H and O–H groups in total. The lowest BCUT2D eigenvalue weighted by Gasteiger charge is -2.12. The van der Waals surface area contributed by atoms with Crippen LogP contribution in [0.5, 0.6) is 0 Å². The predicted octanol–water partition coefficient (Wildman–Crippen LogP) is 2.49. The molecule has 0 unspecified atom stereocenters. The fraction of sp³-hybridized carbons (Fsp3) is 0. The highest BCUT2D eigenvalue weighted by Crippen LogP contribution is 2.21. The molecule has 0 saturated heterocycles. The van der Waals surface area contributed by atoms with Crippen LogP contribution < -0.4 is 0 Å². The van der Waals surface area contributed by atoms with Crippen molar-refractivity contribution in [2.24, 2.45) is 0 Å². The molecule has 104 valence electrons. The number of sulfone groups is 1. The number of hydrogen-bond acceptors (Lipinski definition) is 4. The van der Waals surface area contributed by atoms with Crippen molar-refractivity contribution in [2.45, 2.75) is 4.90 Å². The normalized spacial score (nSPS) is 17.1. The van der Waals surface area contributed by atoms with Crippen LogP contribution >= 0.6 is 11.6 Å². The summed E-state index contributed by atoms with van der Waals surface area (Å²) in [5, 5.41) is 22.9. The highest BCUT2D eigenvalue weighted by molar-refractivity contribution is 7.94. The molecule has 20 heavy (non-hydrogen) atoms. The van der Waals surface area contributed by atoms with Crippen LogP contribution in [0.3, 0.4) is 0 Å². The molecule has 1 aromatic carbocycles. The number of nitrogens with zero attached hydrogens (tertiary/aromatic N) is 1. The molecule has 0 fully saturated rings. The van der Waals surface area contributed by atoms with Crippen LogP contribution in [0.4, 0.5) is 0 Å². The Morgan fingerprint density at radius 3 is 2.35 bits per heavy atom. The zero-order valence-corrected chi connectivity index (χ0v) is 11.6. The van der Waals surface area contributed by atoms with Gasteiger partial charge in [0.2, 0.25) is 15.5 Å². The van der Waals surface area contributed by atoms with E-state index in [4.69, 9.17) is 11.6 Å². The average molecular weight is 311 g/mol. The van der Waals surface area contributed by atoms with Crippen molar-refractivity contribution < 1.29 is 13.3 Å². The summed E-state index contributed by atoms with van der Waals surface area (Å²) in [6, 6.07) is 7.67. The largest absolute Gasteiger partial charge is 0.612 e. The molecule has 0 spiro atoms. The zero-order chi connectivity index (χ0) is 14.8. The van der Waals surface area contributed by atoms with Gasteiger partial charge in [0.15, 0.2) is 0 Å². The molecular weight excluding hydrogens is 302 g/mol. The maximum atomic E-state index is 12.2. The third-order valence-corrected chi connectivity index (χ3v) is 4.27. The van der Waals surface area contributed by atoms with Gasteiger partial charge in [0.25, 0.3) is 0 Å². The lowest BCUT2D eigenvalue weighted by Crippen LogP contribution is -2.13. The highest BCUT2D eigenvalue weighted by Gasteiger charge is 2.19. The number of benzene rings is 1. The van der Waals surface area contributed by atoms with Crippen molar-refractivity contribution in [2.75, 3.05) is 0 Å². The van der Waals surface area contributed by atoms with Crippen LogP contribution in [0.1, 0.15) is 0 Å². The molecule has 2 rings (SSSR count). The van der Waals surface area contributed by atoms with Crippen molar-refractivity contribution >= 4 is 27.1 Å². The van der Waals surface area contributed by atoms with Gasteiger partial charge in [-0.25, -0.2) is 8.42 Å². The molecule has 0 radical (unpaired) electrons.